The van der Waals surface area contributed by atoms with Crippen LogP contribution in [-0.4, -0.2) is 37.1 Å². The number of nitrogens with zero attached hydrogens (tertiary/aromatic N) is 1. The highest BCUT2D eigenvalue weighted by Gasteiger charge is 2.47. The Morgan fingerprint density at radius 2 is 1.77 bits per heavy atom. The molecule has 7 nitrogen and oxygen atoms in total. The van der Waals surface area contributed by atoms with Gasteiger partial charge in [-0.05, 0) is 54.4 Å². The average molecular weight is 492 g/mol. The van der Waals surface area contributed by atoms with Crippen LogP contribution in [0.5, 0.6) is 17.2 Å². The topological polar surface area (TPSA) is 85.3 Å². The molecular formula is C27H22ClNO6. The molecule has 0 aliphatic carbocycles. The minimum absolute atomic E-state index is 0.0204. The maximum absolute atomic E-state index is 13.4. The number of rotatable bonds is 4. The molecule has 1 saturated heterocycles. The summed E-state index contributed by atoms with van der Waals surface area (Å²) in [6, 6.07) is 16.3. The molecule has 3 aromatic carbocycles. The van der Waals surface area contributed by atoms with Gasteiger partial charge in [0.05, 0.1) is 23.7 Å². The van der Waals surface area contributed by atoms with Gasteiger partial charge in [-0.1, -0.05) is 35.9 Å². The Labute approximate surface area is 207 Å². The predicted octanol–water partition coefficient (Wildman–Crippen LogP) is 5.05. The summed E-state index contributed by atoms with van der Waals surface area (Å²) >= 11 is 6.34. The first-order chi connectivity index (χ1) is 16.9. The van der Waals surface area contributed by atoms with Crippen LogP contribution in [0.25, 0.3) is 5.76 Å². The van der Waals surface area contributed by atoms with Crippen LogP contribution in [0.3, 0.4) is 0 Å². The number of halogens is 1. The summed E-state index contributed by atoms with van der Waals surface area (Å²) in [5, 5.41) is 11.7. The molecule has 0 saturated carbocycles. The maximum atomic E-state index is 13.4. The van der Waals surface area contributed by atoms with E-state index in [-0.39, 0.29) is 11.3 Å². The van der Waals surface area contributed by atoms with Crippen molar-refractivity contribution in [1.29, 1.82) is 0 Å². The van der Waals surface area contributed by atoms with E-state index in [4.69, 9.17) is 25.8 Å². The zero-order chi connectivity index (χ0) is 24.7. The van der Waals surface area contributed by atoms with Gasteiger partial charge in [-0.3, -0.25) is 14.5 Å². The summed E-state index contributed by atoms with van der Waals surface area (Å²) in [5.74, 6) is -0.400. The van der Waals surface area contributed by atoms with Crippen molar-refractivity contribution in [1.82, 2.24) is 0 Å². The Balaban J connectivity index is 1.71. The van der Waals surface area contributed by atoms with Gasteiger partial charge in [0, 0.05) is 11.3 Å². The molecule has 178 valence electrons. The van der Waals surface area contributed by atoms with Gasteiger partial charge in [0.25, 0.3) is 11.7 Å². The third-order valence-corrected chi connectivity index (χ3v) is 6.45. The van der Waals surface area contributed by atoms with Crippen LogP contribution < -0.4 is 19.1 Å². The monoisotopic (exact) mass is 491 g/mol. The van der Waals surface area contributed by atoms with Crippen LogP contribution in [0.1, 0.15) is 22.7 Å². The molecule has 1 amide bonds. The first-order valence-electron chi connectivity index (χ1n) is 11.0. The summed E-state index contributed by atoms with van der Waals surface area (Å²) in [6.07, 6.45) is 0. The van der Waals surface area contributed by atoms with Crippen molar-refractivity contribution >= 4 is 34.7 Å². The van der Waals surface area contributed by atoms with Crippen LogP contribution in [0.15, 0.2) is 66.2 Å². The normalized spacial score (nSPS) is 18.6. The lowest BCUT2D eigenvalue weighted by molar-refractivity contribution is -0.132. The molecule has 3 aromatic rings. The van der Waals surface area contributed by atoms with E-state index < -0.39 is 17.7 Å². The molecule has 35 heavy (non-hydrogen) atoms. The Hall–Kier alpha value is -3.97. The summed E-state index contributed by atoms with van der Waals surface area (Å²) in [5.41, 5.74) is 2.30. The molecule has 8 heteroatoms. The number of methoxy groups -OCH3 is 1. The van der Waals surface area contributed by atoms with E-state index in [9.17, 15) is 14.7 Å². The molecular weight excluding hydrogens is 470 g/mol. The molecule has 2 heterocycles. The first kappa shape index (κ1) is 22.8. The molecule has 1 N–H and O–H groups in total. The van der Waals surface area contributed by atoms with Crippen LogP contribution >= 0.6 is 11.6 Å². The molecule has 2 aliphatic rings. The molecule has 0 radical (unpaired) electrons. The highest BCUT2D eigenvalue weighted by atomic mass is 35.5. The van der Waals surface area contributed by atoms with Crippen LogP contribution in [0.4, 0.5) is 5.69 Å². The van der Waals surface area contributed by atoms with Crippen LogP contribution in [0, 0.1) is 6.92 Å². The second-order valence-corrected chi connectivity index (χ2v) is 8.61. The summed E-state index contributed by atoms with van der Waals surface area (Å²) in [4.78, 5) is 28.1. The van der Waals surface area contributed by atoms with Gasteiger partial charge in [0.2, 0.25) is 0 Å². The molecule has 1 atom stereocenters. The van der Waals surface area contributed by atoms with Gasteiger partial charge < -0.3 is 19.3 Å². The number of carbonyl (C=O) groups excluding carboxylic acids is 2. The zero-order valence-electron chi connectivity index (χ0n) is 19.1. The quantitative estimate of drug-likeness (QED) is 0.312. The molecule has 1 fully saturated rings. The highest BCUT2D eigenvalue weighted by molar-refractivity contribution is 6.52. The van der Waals surface area contributed by atoms with E-state index in [1.54, 1.807) is 36.4 Å². The number of aliphatic hydroxyl groups excluding tert-OH is 1. The number of carbonyl (C=O) groups is 2. The molecule has 1 unspecified atom stereocenters. The number of aliphatic hydroxyl groups is 1. The van der Waals surface area contributed by atoms with Crippen molar-refractivity contribution < 1.29 is 28.9 Å². The fourth-order valence-corrected chi connectivity index (χ4v) is 4.69. The number of hydrogen-bond donors (Lipinski definition) is 1. The van der Waals surface area contributed by atoms with Crippen molar-refractivity contribution in [2.24, 2.45) is 0 Å². The van der Waals surface area contributed by atoms with Gasteiger partial charge in [-0.2, -0.15) is 0 Å². The van der Waals surface area contributed by atoms with Gasteiger partial charge in [-0.15, -0.1) is 0 Å². The Morgan fingerprint density at radius 3 is 2.49 bits per heavy atom. The molecule has 2 aliphatic heterocycles. The number of hydrogen-bond acceptors (Lipinski definition) is 6. The lowest BCUT2D eigenvalue weighted by atomic mass is 9.92. The first-order valence-corrected chi connectivity index (χ1v) is 11.4. The summed E-state index contributed by atoms with van der Waals surface area (Å²) in [7, 11) is 1.49. The smallest absolute Gasteiger partial charge is 0.300 e. The number of ether oxygens (including phenoxy) is 3. The van der Waals surface area contributed by atoms with Crippen LogP contribution in [-0.2, 0) is 9.59 Å². The fourth-order valence-electron chi connectivity index (χ4n) is 4.44. The minimum Gasteiger partial charge on any atom is -0.507 e. The third-order valence-electron chi connectivity index (χ3n) is 6.16. The van der Waals surface area contributed by atoms with E-state index in [1.807, 2.05) is 31.2 Å². The molecule has 5 rings (SSSR count). The second kappa shape index (κ2) is 9.00. The lowest BCUT2D eigenvalue weighted by Crippen LogP contribution is -2.29. The largest absolute Gasteiger partial charge is 0.507 e. The number of anilines is 1. The van der Waals surface area contributed by atoms with E-state index >= 15 is 0 Å². The molecule has 0 spiro atoms. The average Bonchev–Trinajstić information content (AvgIpc) is 3.13. The number of Topliss-reactive ketones (excluding diaryl/α,β-unsaturated/α-hetero) is 1. The van der Waals surface area contributed by atoms with Crippen molar-refractivity contribution in [2.75, 3.05) is 25.2 Å². The standard InChI is InChI=1S/C27H22ClNO6/c1-15-5-3-4-6-18(15)24-23(25(30)16-7-9-21-22(13-16)35-12-11-34-21)26(31)27(32)29(24)17-8-10-20(33-2)19(28)14-17/h3-10,13-14,24,30H,11-12H2,1-2H3/b25-23+. The van der Waals surface area contributed by atoms with Crippen molar-refractivity contribution in [3.05, 3.63) is 87.9 Å². The van der Waals surface area contributed by atoms with E-state index in [1.165, 1.54) is 12.0 Å². The number of ketones is 1. The zero-order valence-corrected chi connectivity index (χ0v) is 19.8. The van der Waals surface area contributed by atoms with E-state index in [0.717, 1.165) is 5.56 Å². The van der Waals surface area contributed by atoms with Crippen LogP contribution in [0.2, 0.25) is 5.02 Å². The third kappa shape index (κ3) is 3.88. The number of aryl methyl sites for hydroxylation is 1. The van der Waals surface area contributed by atoms with Crippen molar-refractivity contribution in [2.45, 2.75) is 13.0 Å². The Morgan fingerprint density at radius 1 is 1.03 bits per heavy atom. The van der Waals surface area contributed by atoms with Gasteiger partial charge in [0.15, 0.2) is 11.5 Å². The van der Waals surface area contributed by atoms with E-state index in [2.05, 4.69) is 0 Å². The van der Waals surface area contributed by atoms with Gasteiger partial charge >= 0.3 is 0 Å². The number of fused-ring (bicyclic) bond motifs is 1. The Bertz CT molecular complexity index is 1380. The number of amides is 1. The van der Waals surface area contributed by atoms with Crippen molar-refractivity contribution in [3.8, 4) is 17.2 Å². The molecule has 0 aromatic heterocycles. The Kier molecular flexibility index (Phi) is 5.86. The number of benzene rings is 3. The van der Waals surface area contributed by atoms with Crippen molar-refractivity contribution in [3.63, 3.8) is 0 Å². The fraction of sp³-hybridized carbons (Fsp3) is 0.185. The SMILES string of the molecule is COc1ccc(N2C(=O)C(=O)/C(=C(/O)c3ccc4c(c3)OCCO4)C2c2ccccc2C)cc1Cl. The van der Waals surface area contributed by atoms with Gasteiger partial charge in [0.1, 0.15) is 24.7 Å². The highest BCUT2D eigenvalue weighted by Crippen LogP contribution is 2.45. The minimum atomic E-state index is -0.867. The van der Waals surface area contributed by atoms with E-state index in [0.29, 0.717) is 52.3 Å². The molecule has 0 bridgehead atoms. The summed E-state index contributed by atoms with van der Waals surface area (Å²) in [6.45, 7) is 2.70. The second-order valence-electron chi connectivity index (χ2n) is 8.20. The van der Waals surface area contributed by atoms with Gasteiger partial charge in [-0.25, -0.2) is 0 Å². The lowest BCUT2D eigenvalue weighted by Gasteiger charge is -2.27. The maximum Gasteiger partial charge on any atom is 0.300 e. The summed E-state index contributed by atoms with van der Waals surface area (Å²) < 4.78 is 16.4. The predicted molar refractivity (Wildman–Crippen MR) is 131 cm³/mol.